The second kappa shape index (κ2) is 8.66. The minimum absolute atomic E-state index is 0.219. The molecule has 1 unspecified atom stereocenters. The van der Waals surface area contributed by atoms with Crippen LogP contribution in [0.25, 0.3) is 0 Å². The summed E-state index contributed by atoms with van der Waals surface area (Å²) in [5.41, 5.74) is 1.64. The van der Waals surface area contributed by atoms with Crippen molar-refractivity contribution in [1.82, 2.24) is 0 Å². The summed E-state index contributed by atoms with van der Waals surface area (Å²) in [5.74, 6) is -1.73. The molecule has 3 aromatic carbocycles. The summed E-state index contributed by atoms with van der Waals surface area (Å²) in [5, 5.41) is 0. The van der Waals surface area contributed by atoms with Crippen LogP contribution in [-0.2, 0) is 19.7 Å². The first kappa shape index (κ1) is 19.6. The van der Waals surface area contributed by atoms with Gasteiger partial charge in [-0.2, -0.15) is 0 Å². The lowest BCUT2D eigenvalue weighted by molar-refractivity contribution is -0.153. The number of Topliss-reactive ketones (excluding diaryl/α,β-unsaturated/α-hetero) is 1. The standard InChI is InChI=1S/C25H24O3/c1-3-28-24(27)23(19(2)26)25(20-13-7-4-8-14-20,21-15-9-5-10-16-21)22-17-11-6-12-18-22/h4-18,23H,3H2,1-2H3. The number of esters is 1. The molecule has 0 fully saturated rings. The number of hydrogen-bond donors (Lipinski definition) is 0. The van der Waals surface area contributed by atoms with Crippen LogP contribution >= 0.6 is 0 Å². The Bertz CT molecular complexity index is 821. The summed E-state index contributed by atoms with van der Waals surface area (Å²) < 4.78 is 5.38. The monoisotopic (exact) mass is 372 g/mol. The van der Waals surface area contributed by atoms with Crippen LogP contribution < -0.4 is 0 Å². The van der Waals surface area contributed by atoms with Gasteiger partial charge in [0.1, 0.15) is 11.7 Å². The van der Waals surface area contributed by atoms with Gasteiger partial charge in [-0.3, -0.25) is 9.59 Å². The van der Waals surface area contributed by atoms with Crippen LogP contribution in [-0.4, -0.2) is 18.4 Å². The van der Waals surface area contributed by atoms with Gasteiger partial charge in [-0.25, -0.2) is 0 Å². The summed E-state index contributed by atoms with van der Waals surface area (Å²) >= 11 is 0. The van der Waals surface area contributed by atoms with Crippen LogP contribution in [0.1, 0.15) is 30.5 Å². The Morgan fingerprint density at radius 3 is 1.39 bits per heavy atom. The molecule has 0 spiro atoms. The van der Waals surface area contributed by atoms with E-state index in [1.54, 1.807) is 6.92 Å². The molecule has 0 saturated heterocycles. The van der Waals surface area contributed by atoms with Crippen LogP contribution in [0.5, 0.6) is 0 Å². The van der Waals surface area contributed by atoms with Gasteiger partial charge in [-0.1, -0.05) is 91.0 Å². The Balaban J connectivity index is 2.43. The molecule has 0 N–H and O–H groups in total. The lowest BCUT2D eigenvalue weighted by Crippen LogP contribution is -2.46. The summed E-state index contributed by atoms with van der Waals surface area (Å²) in [6.45, 7) is 3.44. The average Bonchev–Trinajstić information content (AvgIpc) is 2.73. The van der Waals surface area contributed by atoms with Gasteiger partial charge in [0.25, 0.3) is 0 Å². The molecule has 0 amide bonds. The Morgan fingerprint density at radius 1 is 0.750 bits per heavy atom. The van der Waals surface area contributed by atoms with Gasteiger partial charge in [0.05, 0.1) is 12.0 Å². The molecule has 28 heavy (non-hydrogen) atoms. The number of rotatable bonds is 7. The highest BCUT2D eigenvalue weighted by molar-refractivity contribution is 6.01. The molecule has 3 aromatic rings. The smallest absolute Gasteiger partial charge is 0.318 e. The van der Waals surface area contributed by atoms with Crippen molar-refractivity contribution in [2.75, 3.05) is 6.61 Å². The molecular formula is C25H24O3. The van der Waals surface area contributed by atoms with Gasteiger partial charge in [-0.05, 0) is 30.5 Å². The van der Waals surface area contributed by atoms with Gasteiger partial charge in [0.15, 0.2) is 0 Å². The Kier molecular flexibility index (Phi) is 6.05. The summed E-state index contributed by atoms with van der Waals surface area (Å²) in [6, 6.07) is 29.2. The number of carbonyl (C=O) groups excluding carboxylic acids is 2. The predicted octanol–water partition coefficient (Wildman–Crippen LogP) is 4.79. The van der Waals surface area contributed by atoms with Gasteiger partial charge >= 0.3 is 5.97 Å². The highest BCUT2D eigenvalue weighted by atomic mass is 16.5. The fraction of sp³-hybridized carbons (Fsp3) is 0.200. The van der Waals surface area contributed by atoms with E-state index in [1.807, 2.05) is 91.0 Å². The van der Waals surface area contributed by atoms with E-state index in [4.69, 9.17) is 4.74 Å². The van der Waals surface area contributed by atoms with E-state index >= 15 is 0 Å². The fourth-order valence-electron chi connectivity index (χ4n) is 3.98. The largest absolute Gasteiger partial charge is 0.465 e. The number of ketones is 1. The number of ether oxygens (including phenoxy) is 1. The van der Waals surface area contributed by atoms with Crippen molar-refractivity contribution < 1.29 is 14.3 Å². The van der Waals surface area contributed by atoms with Crippen LogP contribution in [0.2, 0.25) is 0 Å². The fourth-order valence-corrected chi connectivity index (χ4v) is 3.98. The molecule has 3 heteroatoms. The molecule has 3 nitrogen and oxygen atoms in total. The molecule has 0 aliphatic carbocycles. The molecule has 0 saturated carbocycles. The maximum atomic E-state index is 13.1. The molecular weight excluding hydrogens is 348 g/mol. The highest BCUT2D eigenvalue weighted by Gasteiger charge is 2.50. The van der Waals surface area contributed by atoms with E-state index in [1.165, 1.54) is 6.92 Å². The summed E-state index contributed by atoms with van der Waals surface area (Å²) in [7, 11) is 0. The molecule has 0 heterocycles. The third-order valence-corrected chi connectivity index (χ3v) is 5.05. The number of hydrogen-bond acceptors (Lipinski definition) is 3. The van der Waals surface area contributed by atoms with Crippen LogP contribution in [0.4, 0.5) is 0 Å². The lowest BCUT2D eigenvalue weighted by atomic mass is 9.60. The van der Waals surface area contributed by atoms with Crippen molar-refractivity contribution in [3.05, 3.63) is 108 Å². The van der Waals surface area contributed by atoms with E-state index in [2.05, 4.69) is 0 Å². The van der Waals surface area contributed by atoms with E-state index in [9.17, 15) is 9.59 Å². The third kappa shape index (κ3) is 3.48. The number of benzene rings is 3. The summed E-state index contributed by atoms with van der Waals surface area (Å²) in [6.07, 6.45) is 0. The SMILES string of the molecule is CCOC(=O)C(C(C)=O)C(c1ccccc1)(c1ccccc1)c1ccccc1. The Labute approximate surface area is 166 Å². The highest BCUT2D eigenvalue weighted by Crippen LogP contribution is 2.46. The molecule has 0 bridgehead atoms. The normalized spacial score (nSPS) is 12.2. The molecule has 0 radical (unpaired) electrons. The van der Waals surface area contributed by atoms with E-state index in [0.717, 1.165) is 16.7 Å². The van der Waals surface area contributed by atoms with E-state index in [0.29, 0.717) is 0 Å². The quantitative estimate of drug-likeness (QED) is 0.340. The second-order valence-corrected chi connectivity index (χ2v) is 6.70. The third-order valence-electron chi connectivity index (χ3n) is 5.05. The van der Waals surface area contributed by atoms with Crippen molar-refractivity contribution in [3.63, 3.8) is 0 Å². The molecule has 0 aliphatic rings. The van der Waals surface area contributed by atoms with Gasteiger partial charge < -0.3 is 4.74 Å². The zero-order chi connectivity index (χ0) is 20.0. The summed E-state index contributed by atoms with van der Waals surface area (Å²) in [4.78, 5) is 26.0. The first-order chi connectivity index (χ1) is 13.6. The van der Waals surface area contributed by atoms with Crippen molar-refractivity contribution in [2.45, 2.75) is 19.3 Å². The number of carbonyl (C=O) groups is 2. The second-order valence-electron chi connectivity index (χ2n) is 6.70. The van der Waals surface area contributed by atoms with E-state index < -0.39 is 17.3 Å². The van der Waals surface area contributed by atoms with Gasteiger partial charge in [-0.15, -0.1) is 0 Å². The van der Waals surface area contributed by atoms with Gasteiger partial charge in [0.2, 0.25) is 0 Å². The van der Waals surface area contributed by atoms with Crippen molar-refractivity contribution >= 4 is 11.8 Å². The van der Waals surface area contributed by atoms with Crippen molar-refractivity contribution in [2.24, 2.45) is 5.92 Å². The minimum atomic E-state index is -1.00. The molecule has 0 aliphatic heterocycles. The van der Waals surface area contributed by atoms with Crippen molar-refractivity contribution in [3.8, 4) is 0 Å². The lowest BCUT2D eigenvalue weighted by Gasteiger charge is -2.40. The molecule has 0 aromatic heterocycles. The van der Waals surface area contributed by atoms with Crippen LogP contribution in [0, 0.1) is 5.92 Å². The van der Waals surface area contributed by atoms with Crippen LogP contribution in [0.15, 0.2) is 91.0 Å². The van der Waals surface area contributed by atoms with E-state index in [-0.39, 0.29) is 12.4 Å². The Morgan fingerprint density at radius 2 is 1.11 bits per heavy atom. The topological polar surface area (TPSA) is 43.4 Å². The zero-order valence-electron chi connectivity index (χ0n) is 16.2. The first-order valence-corrected chi connectivity index (χ1v) is 9.46. The van der Waals surface area contributed by atoms with Crippen LogP contribution in [0.3, 0.4) is 0 Å². The minimum Gasteiger partial charge on any atom is -0.465 e. The van der Waals surface area contributed by atoms with Gasteiger partial charge in [0, 0.05) is 0 Å². The average molecular weight is 372 g/mol. The maximum Gasteiger partial charge on any atom is 0.318 e. The predicted molar refractivity (Wildman–Crippen MR) is 110 cm³/mol. The van der Waals surface area contributed by atoms with Crippen molar-refractivity contribution in [1.29, 1.82) is 0 Å². The zero-order valence-corrected chi connectivity index (χ0v) is 16.2. The molecule has 1 atom stereocenters. The molecule has 142 valence electrons. The molecule has 3 rings (SSSR count). The first-order valence-electron chi connectivity index (χ1n) is 9.46. The Hall–Kier alpha value is -3.20. The maximum absolute atomic E-state index is 13.1.